The molecule has 0 radical (unpaired) electrons. The molecule has 25 heavy (non-hydrogen) atoms. The molecular formula is C19H19FN2O2S. The molecule has 0 bridgehead atoms. The van der Waals surface area contributed by atoms with Crippen molar-refractivity contribution < 1.29 is 14.0 Å². The van der Waals surface area contributed by atoms with Gasteiger partial charge in [0, 0.05) is 24.4 Å². The summed E-state index contributed by atoms with van der Waals surface area (Å²) in [7, 11) is 0. The van der Waals surface area contributed by atoms with E-state index in [0.717, 1.165) is 10.5 Å². The van der Waals surface area contributed by atoms with Crippen molar-refractivity contribution >= 4 is 23.6 Å². The first kappa shape index (κ1) is 17.5. The standard InChI is InChI=1S/C19H19FN2O2S/c1-25-17-8-3-2-7-16(17)19(24)21-15-10-18(23)22(12-15)11-13-5-4-6-14(20)9-13/h2-9,15H,10-12H2,1H3,(H,21,24)/t15-/m1/s1. The lowest BCUT2D eigenvalue weighted by Gasteiger charge is -2.17. The van der Waals surface area contributed by atoms with Crippen LogP contribution in [0.4, 0.5) is 4.39 Å². The first-order chi connectivity index (χ1) is 12.1. The molecule has 130 valence electrons. The van der Waals surface area contributed by atoms with Gasteiger partial charge in [0.05, 0.1) is 11.6 Å². The van der Waals surface area contributed by atoms with E-state index < -0.39 is 0 Å². The molecule has 0 aliphatic carbocycles. The zero-order chi connectivity index (χ0) is 17.8. The molecule has 0 unspecified atom stereocenters. The van der Waals surface area contributed by atoms with Gasteiger partial charge in [-0.3, -0.25) is 9.59 Å². The van der Waals surface area contributed by atoms with Crippen molar-refractivity contribution in [3.63, 3.8) is 0 Å². The molecule has 6 heteroatoms. The minimum atomic E-state index is -0.317. The first-order valence-electron chi connectivity index (χ1n) is 8.03. The molecule has 4 nitrogen and oxygen atoms in total. The van der Waals surface area contributed by atoms with E-state index in [1.807, 2.05) is 24.5 Å². The Labute approximate surface area is 150 Å². The Morgan fingerprint density at radius 1 is 1.28 bits per heavy atom. The average Bonchev–Trinajstić information content (AvgIpc) is 2.94. The zero-order valence-electron chi connectivity index (χ0n) is 13.9. The van der Waals surface area contributed by atoms with Crippen LogP contribution < -0.4 is 5.32 Å². The predicted molar refractivity (Wildman–Crippen MR) is 95.9 cm³/mol. The Kier molecular flexibility index (Phi) is 5.38. The lowest BCUT2D eigenvalue weighted by atomic mass is 10.2. The SMILES string of the molecule is CSc1ccccc1C(=O)N[C@@H]1CC(=O)N(Cc2cccc(F)c2)C1. The smallest absolute Gasteiger partial charge is 0.252 e. The molecule has 0 aromatic heterocycles. The summed E-state index contributed by atoms with van der Waals surface area (Å²) in [6, 6.07) is 13.4. The molecule has 3 rings (SSSR count). The lowest BCUT2D eigenvalue weighted by molar-refractivity contribution is -0.128. The minimum Gasteiger partial charge on any atom is -0.347 e. The molecule has 1 saturated heterocycles. The molecule has 1 aliphatic heterocycles. The van der Waals surface area contributed by atoms with Crippen LogP contribution in [0.25, 0.3) is 0 Å². The maximum Gasteiger partial charge on any atom is 0.252 e. The van der Waals surface area contributed by atoms with E-state index in [4.69, 9.17) is 0 Å². The predicted octanol–water partition coefficient (Wildman–Crippen LogP) is 3.08. The topological polar surface area (TPSA) is 49.4 Å². The van der Waals surface area contributed by atoms with Crippen LogP contribution in [0.3, 0.4) is 0 Å². The van der Waals surface area contributed by atoms with Gasteiger partial charge in [-0.1, -0.05) is 24.3 Å². The van der Waals surface area contributed by atoms with E-state index in [2.05, 4.69) is 5.32 Å². The van der Waals surface area contributed by atoms with Gasteiger partial charge in [0.15, 0.2) is 0 Å². The Hall–Kier alpha value is -2.34. The van der Waals surface area contributed by atoms with Crippen LogP contribution in [0.5, 0.6) is 0 Å². The van der Waals surface area contributed by atoms with Crippen molar-refractivity contribution in [1.29, 1.82) is 0 Å². The highest BCUT2D eigenvalue weighted by Gasteiger charge is 2.31. The molecule has 1 atom stereocenters. The molecule has 1 fully saturated rings. The van der Waals surface area contributed by atoms with Gasteiger partial charge in [0.1, 0.15) is 5.82 Å². The fourth-order valence-electron chi connectivity index (χ4n) is 2.97. The second-order valence-corrected chi connectivity index (χ2v) is 6.83. The van der Waals surface area contributed by atoms with Crippen LogP contribution in [-0.4, -0.2) is 35.6 Å². The average molecular weight is 358 g/mol. The van der Waals surface area contributed by atoms with Crippen LogP contribution >= 0.6 is 11.8 Å². The van der Waals surface area contributed by atoms with E-state index in [1.54, 1.807) is 23.1 Å². The van der Waals surface area contributed by atoms with E-state index in [1.165, 1.54) is 23.9 Å². The number of halogens is 1. The maximum atomic E-state index is 13.3. The summed E-state index contributed by atoms with van der Waals surface area (Å²) in [5, 5.41) is 2.94. The molecule has 1 heterocycles. The summed E-state index contributed by atoms with van der Waals surface area (Å²) >= 11 is 1.51. The van der Waals surface area contributed by atoms with Crippen LogP contribution in [0, 0.1) is 5.82 Å². The zero-order valence-corrected chi connectivity index (χ0v) is 14.7. The first-order valence-corrected chi connectivity index (χ1v) is 9.25. The fraction of sp³-hybridized carbons (Fsp3) is 0.263. The van der Waals surface area contributed by atoms with Gasteiger partial charge in [0.2, 0.25) is 5.91 Å². The van der Waals surface area contributed by atoms with Crippen LogP contribution in [-0.2, 0) is 11.3 Å². The number of thioether (sulfide) groups is 1. The van der Waals surface area contributed by atoms with Gasteiger partial charge in [-0.05, 0) is 36.1 Å². The number of hydrogen-bond donors (Lipinski definition) is 1. The highest BCUT2D eigenvalue weighted by molar-refractivity contribution is 7.98. The normalized spacial score (nSPS) is 17.0. The molecule has 2 amide bonds. The third kappa shape index (κ3) is 4.20. The largest absolute Gasteiger partial charge is 0.347 e. The number of benzene rings is 2. The van der Waals surface area contributed by atoms with E-state index >= 15 is 0 Å². The fourth-order valence-corrected chi connectivity index (χ4v) is 3.57. The van der Waals surface area contributed by atoms with Crippen molar-refractivity contribution in [2.75, 3.05) is 12.8 Å². The summed E-state index contributed by atoms with van der Waals surface area (Å²) in [6.07, 6.45) is 2.19. The van der Waals surface area contributed by atoms with Crippen molar-refractivity contribution in [2.24, 2.45) is 0 Å². The molecule has 1 aliphatic rings. The quantitative estimate of drug-likeness (QED) is 0.836. The highest BCUT2D eigenvalue weighted by atomic mass is 32.2. The van der Waals surface area contributed by atoms with Gasteiger partial charge in [-0.25, -0.2) is 4.39 Å². The molecule has 0 spiro atoms. The summed E-state index contributed by atoms with van der Waals surface area (Å²) in [5.41, 5.74) is 1.36. The Morgan fingerprint density at radius 2 is 2.08 bits per heavy atom. The second-order valence-electron chi connectivity index (χ2n) is 5.98. The van der Waals surface area contributed by atoms with Crippen molar-refractivity contribution in [3.8, 4) is 0 Å². The number of carbonyl (C=O) groups excluding carboxylic acids is 2. The number of rotatable bonds is 5. The molecule has 2 aromatic rings. The van der Waals surface area contributed by atoms with Gasteiger partial charge in [-0.15, -0.1) is 11.8 Å². The van der Waals surface area contributed by atoms with E-state index in [0.29, 0.717) is 18.7 Å². The summed E-state index contributed by atoms with van der Waals surface area (Å²) in [6.45, 7) is 0.785. The minimum absolute atomic E-state index is 0.0345. The lowest BCUT2D eigenvalue weighted by Crippen LogP contribution is -2.37. The van der Waals surface area contributed by atoms with Gasteiger partial charge in [-0.2, -0.15) is 0 Å². The maximum absolute atomic E-state index is 13.3. The van der Waals surface area contributed by atoms with E-state index in [-0.39, 0.29) is 30.1 Å². The molecule has 0 saturated carbocycles. The molecule has 1 N–H and O–H groups in total. The Balaban J connectivity index is 1.63. The van der Waals surface area contributed by atoms with E-state index in [9.17, 15) is 14.0 Å². The number of carbonyl (C=O) groups is 2. The van der Waals surface area contributed by atoms with Gasteiger partial charge < -0.3 is 10.2 Å². The number of likely N-dealkylation sites (tertiary alicyclic amines) is 1. The number of nitrogens with zero attached hydrogens (tertiary/aromatic N) is 1. The number of hydrogen-bond acceptors (Lipinski definition) is 3. The monoisotopic (exact) mass is 358 g/mol. The van der Waals surface area contributed by atoms with Crippen molar-refractivity contribution in [2.45, 2.75) is 23.9 Å². The van der Waals surface area contributed by atoms with Crippen LogP contribution in [0.2, 0.25) is 0 Å². The van der Waals surface area contributed by atoms with Gasteiger partial charge in [0.25, 0.3) is 5.91 Å². The third-order valence-electron chi connectivity index (χ3n) is 4.16. The summed E-state index contributed by atoms with van der Waals surface area (Å²) in [5.74, 6) is -0.522. The van der Waals surface area contributed by atoms with Crippen LogP contribution in [0.15, 0.2) is 53.4 Å². The third-order valence-corrected chi connectivity index (χ3v) is 4.96. The van der Waals surface area contributed by atoms with Crippen molar-refractivity contribution in [3.05, 3.63) is 65.5 Å². The van der Waals surface area contributed by atoms with Crippen molar-refractivity contribution in [1.82, 2.24) is 10.2 Å². The molecule has 2 aromatic carbocycles. The molecular weight excluding hydrogens is 339 g/mol. The summed E-state index contributed by atoms with van der Waals surface area (Å²) in [4.78, 5) is 27.2. The number of nitrogens with one attached hydrogen (secondary N) is 1. The second kappa shape index (κ2) is 7.70. The summed E-state index contributed by atoms with van der Waals surface area (Å²) < 4.78 is 13.3. The Morgan fingerprint density at radius 3 is 2.84 bits per heavy atom. The Bertz CT molecular complexity index is 796. The highest BCUT2D eigenvalue weighted by Crippen LogP contribution is 2.21. The van der Waals surface area contributed by atoms with Gasteiger partial charge >= 0.3 is 0 Å². The number of amides is 2. The van der Waals surface area contributed by atoms with Crippen LogP contribution in [0.1, 0.15) is 22.3 Å².